The van der Waals surface area contributed by atoms with Crippen LogP contribution in [0.1, 0.15) is 66.9 Å². The summed E-state index contributed by atoms with van der Waals surface area (Å²) >= 11 is 6.42. The third-order valence-corrected chi connectivity index (χ3v) is 7.29. The van der Waals surface area contributed by atoms with Gasteiger partial charge in [-0.15, -0.1) is 0 Å². The summed E-state index contributed by atoms with van der Waals surface area (Å²) in [6.07, 6.45) is 4.57. The first-order chi connectivity index (χ1) is 18.4. The quantitative estimate of drug-likeness (QED) is 0.307. The van der Waals surface area contributed by atoms with Crippen LogP contribution in [0, 0.1) is 5.82 Å². The van der Waals surface area contributed by atoms with Gasteiger partial charge >= 0.3 is 6.09 Å². The van der Waals surface area contributed by atoms with Crippen molar-refractivity contribution < 1.29 is 28.2 Å². The van der Waals surface area contributed by atoms with Crippen molar-refractivity contribution in [1.29, 1.82) is 0 Å². The van der Waals surface area contributed by atoms with E-state index in [1.165, 1.54) is 12.0 Å². The first-order valence-corrected chi connectivity index (χ1v) is 13.3. The van der Waals surface area contributed by atoms with Crippen molar-refractivity contribution in [2.45, 2.75) is 70.6 Å². The van der Waals surface area contributed by atoms with Crippen molar-refractivity contribution >= 4 is 29.4 Å². The maximum atomic E-state index is 15.7. The van der Waals surface area contributed by atoms with Crippen molar-refractivity contribution in [3.63, 3.8) is 0 Å². The number of fused-ring (bicyclic) bond motifs is 1. The van der Waals surface area contributed by atoms with E-state index >= 15 is 4.39 Å². The van der Waals surface area contributed by atoms with Crippen molar-refractivity contribution in [1.82, 2.24) is 15.2 Å². The van der Waals surface area contributed by atoms with Crippen molar-refractivity contribution in [3.8, 4) is 11.5 Å². The van der Waals surface area contributed by atoms with Gasteiger partial charge in [0.1, 0.15) is 16.7 Å². The van der Waals surface area contributed by atoms with Gasteiger partial charge in [0.15, 0.2) is 11.6 Å². The van der Waals surface area contributed by atoms with Gasteiger partial charge in [-0.2, -0.15) is 0 Å². The molecule has 2 amide bonds. The molecule has 1 fully saturated rings. The molecule has 2 N–H and O–H groups in total. The molecule has 2 atom stereocenters. The highest BCUT2D eigenvalue weighted by Gasteiger charge is 2.36. The summed E-state index contributed by atoms with van der Waals surface area (Å²) in [4.78, 5) is 31.1. The number of nitrogens with one attached hydrogen (secondary N) is 2. The maximum absolute atomic E-state index is 15.7. The summed E-state index contributed by atoms with van der Waals surface area (Å²) in [5.74, 6) is 0.151. The van der Waals surface area contributed by atoms with Crippen molar-refractivity contribution in [2.24, 2.45) is 0 Å². The van der Waals surface area contributed by atoms with Gasteiger partial charge < -0.3 is 29.7 Å². The molecule has 1 aliphatic heterocycles. The molecule has 11 heteroatoms. The number of amides is 2. The van der Waals surface area contributed by atoms with Gasteiger partial charge in [-0.05, 0) is 31.4 Å². The van der Waals surface area contributed by atoms with Crippen LogP contribution in [0.5, 0.6) is 11.5 Å². The number of rotatable bonds is 10. The third kappa shape index (κ3) is 6.06. The second-order valence-corrected chi connectivity index (χ2v) is 9.89. The number of unbranched alkanes of at least 4 members (excludes halogenated alkanes) is 1. The van der Waals surface area contributed by atoms with Crippen LogP contribution in [-0.4, -0.2) is 54.8 Å². The topological polar surface area (TPSA) is 102 Å². The minimum absolute atomic E-state index is 0.0246. The fourth-order valence-electron chi connectivity index (χ4n) is 4.93. The number of hydrogen-bond donors (Lipinski definition) is 2. The lowest BCUT2D eigenvalue weighted by Crippen LogP contribution is -2.49. The fraction of sp³-hybridized carbons (Fsp3) is 0.519. The predicted molar refractivity (Wildman–Crippen MR) is 141 cm³/mol. The normalized spacial score (nSPS) is 18.7. The average Bonchev–Trinajstić information content (AvgIpc) is 3.25. The zero-order valence-electron chi connectivity index (χ0n) is 21.9. The lowest BCUT2D eigenvalue weighted by atomic mass is 9.90. The predicted octanol–water partition coefficient (Wildman–Crippen LogP) is 5.30. The SMILES string of the molecule is CCCCOC(=O)NC1CCCCC1Nc1nc(Cl)c2c(c1F)CN(Cc1ccc(OC)cc1OC)C2=O. The number of aromatic nitrogens is 1. The van der Waals surface area contributed by atoms with Gasteiger partial charge in [0.25, 0.3) is 5.91 Å². The number of pyridine rings is 1. The van der Waals surface area contributed by atoms with E-state index in [0.717, 1.165) is 44.1 Å². The van der Waals surface area contributed by atoms with Crippen LogP contribution >= 0.6 is 11.6 Å². The molecule has 4 rings (SSSR count). The van der Waals surface area contributed by atoms with Crippen LogP contribution in [0.2, 0.25) is 5.15 Å². The van der Waals surface area contributed by atoms with Gasteiger partial charge in [0.2, 0.25) is 0 Å². The molecular weight excluding hydrogens is 515 g/mol. The summed E-state index contributed by atoms with van der Waals surface area (Å²) in [6.45, 7) is 2.63. The first kappa shape index (κ1) is 27.8. The Kier molecular flexibility index (Phi) is 9.14. The van der Waals surface area contributed by atoms with Gasteiger partial charge in [0, 0.05) is 29.8 Å². The third-order valence-electron chi connectivity index (χ3n) is 7.02. The minimum Gasteiger partial charge on any atom is -0.497 e. The summed E-state index contributed by atoms with van der Waals surface area (Å²) in [5.41, 5.74) is 1.02. The van der Waals surface area contributed by atoms with E-state index in [1.54, 1.807) is 25.3 Å². The molecule has 0 spiro atoms. The molecule has 9 nitrogen and oxygen atoms in total. The van der Waals surface area contributed by atoms with E-state index in [9.17, 15) is 9.59 Å². The number of benzene rings is 1. The van der Waals surface area contributed by atoms with Crippen LogP contribution in [0.4, 0.5) is 15.0 Å². The molecule has 2 aliphatic rings. The molecule has 206 valence electrons. The smallest absolute Gasteiger partial charge is 0.407 e. The monoisotopic (exact) mass is 548 g/mol. The van der Waals surface area contributed by atoms with Crippen molar-refractivity contribution in [3.05, 3.63) is 45.9 Å². The minimum atomic E-state index is -0.614. The number of halogens is 2. The molecule has 1 aromatic heterocycles. The Morgan fingerprint density at radius 3 is 2.68 bits per heavy atom. The van der Waals surface area contributed by atoms with Crippen LogP contribution < -0.4 is 20.1 Å². The number of nitrogens with zero attached hydrogens (tertiary/aromatic N) is 2. The number of anilines is 1. The molecule has 0 bridgehead atoms. The molecule has 1 saturated carbocycles. The number of carbonyl (C=O) groups is 2. The highest BCUT2D eigenvalue weighted by molar-refractivity contribution is 6.33. The Morgan fingerprint density at radius 1 is 1.21 bits per heavy atom. The zero-order valence-corrected chi connectivity index (χ0v) is 22.7. The van der Waals surface area contributed by atoms with Gasteiger partial charge in [-0.3, -0.25) is 4.79 Å². The molecule has 2 unspecified atom stereocenters. The molecular formula is C27H34ClFN4O5. The first-order valence-electron chi connectivity index (χ1n) is 12.9. The second-order valence-electron chi connectivity index (χ2n) is 9.53. The highest BCUT2D eigenvalue weighted by atomic mass is 35.5. The largest absolute Gasteiger partial charge is 0.497 e. The lowest BCUT2D eigenvalue weighted by molar-refractivity contribution is 0.0765. The summed E-state index contributed by atoms with van der Waals surface area (Å²) in [5, 5.41) is 6.00. The molecule has 38 heavy (non-hydrogen) atoms. The molecule has 1 aliphatic carbocycles. The average molecular weight is 549 g/mol. The second kappa shape index (κ2) is 12.5. The number of carbonyl (C=O) groups excluding carboxylic acids is 2. The van der Waals surface area contributed by atoms with E-state index in [1.807, 2.05) is 6.92 Å². The van der Waals surface area contributed by atoms with Crippen LogP contribution in [-0.2, 0) is 17.8 Å². The molecule has 0 radical (unpaired) electrons. The van der Waals surface area contributed by atoms with Gasteiger partial charge in [-0.1, -0.05) is 37.8 Å². The Bertz CT molecular complexity index is 1180. The Labute approximate surface area is 227 Å². The summed E-state index contributed by atoms with van der Waals surface area (Å²) in [6, 6.07) is 4.81. The molecule has 0 saturated heterocycles. The van der Waals surface area contributed by atoms with Crippen LogP contribution in [0.25, 0.3) is 0 Å². The maximum Gasteiger partial charge on any atom is 0.407 e. The van der Waals surface area contributed by atoms with Crippen LogP contribution in [0.15, 0.2) is 18.2 Å². The molecule has 2 heterocycles. The van der Waals surface area contributed by atoms with Gasteiger partial charge in [0.05, 0.1) is 39.0 Å². The highest BCUT2D eigenvalue weighted by Crippen LogP contribution is 2.36. The van der Waals surface area contributed by atoms with Gasteiger partial charge in [-0.25, -0.2) is 14.2 Å². The Morgan fingerprint density at radius 2 is 1.97 bits per heavy atom. The summed E-state index contributed by atoms with van der Waals surface area (Å²) < 4.78 is 31.6. The number of alkyl carbamates (subject to hydrolysis) is 1. The van der Waals surface area contributed by atoms with E-state index in [0.29, 0.717) is 18.1 Å². The number of ether oxygens (including phenoxy) is 3. The fourth-order valence-corrected chi connectivity index (χ4v) is 5.21. The summed E-state index contributed by atoms with van der Waals surface area (Å²) in [7, 11) is 3.10. The Balaban J connectivity index is 1.50. The molecule has 1 aromatic carbocycles. The lowest BCUT2D eigenvalue weighted by Gasteiger charge is -2.33. The number of methoxy groups -OCH3 is 2. The Hall–Kier alpha value is -3.27. The van der Waals surface area contributed by atoms with E-state index in [4.69, 9.17) is 25.8 Å². The van der Waals surface area contributed by atoms with E-state index in [2.05, 4.69) is 15.6 Å². The van der Waals surface area contributed by atoms with E-state index in [-0.39, 0.29) is 47.3 Å². The standard InChI is InChI=1S/C27H34ClFN4O5/c1-4-5-12-38-27(35)31-20-9-7-6-8-19(20)30-25-23(29)18-15-33(26(34)22(18)24(28)32-25)14-16-10-11-17(36-2)13-21(16)37-3/h10-11,13,19-20H,4-9,12,14-15H2,1-3H3,(H,30,32)(H,31,35). The molecule has 2 aromatic rings. The zero-order chi connectivity index (χ0) is 27.2. The van der Waals surface area contributed by atoms with Crippen LogP contribution in [0.3, 0.4) is 0 Å². The number of hydrogen-bond acceptors (Lipinski definition) is 7. The van der Waals surface area contributed by atoms with Crippen molar-refractivity contribution in [2.75, 3.05) is 26.1 Å². The van der Waals surface area contributed by atoms with E-state index < -0.39 is 17.8 Å².